The molecule has 3 N–H and O–H groups in total. The molecule has 0 saturated carbocycles. The fourth-order valence-electron chi connectivity index (χ4n) is 5.53. The van der Waals surface area contributed by atoms with Crippen LogP contribution in [-0.2, 0) is 33.3 Å². The maximum absolute atomic E-state index is 11.3. The highest BCUT2D eigenvalue weighted by Gasteiger charge is 2.31. The van der Waals surface area contributed by atoms with Crippen LogP contribution in [0.5, 0.6) is 0 Å². The number of allylic oxidation sites excluding steroid dienone is 2. The number of anilines is 2. The lowest BCUT2D eigenvalue weighted by Gasteiger charge is -2.24. The van der Waals surface area contributed by atoms with E-state index in [-0.39, 0.29) is 29.8 Å². The van der Waals surface area contributed by atoms with Crippen molar-refractivity contribution in [2.24, 2.45) is 0 Å². The van der Waals surface area contributed by atoms with Crippen LogP contribution in [0.25, 0.3) is 17.1 Å². The van der Waals surface area contributed by atoms with Gasteiger partial charge in [0.05, 0.1) is 56.1 Å². The second-order valence-corrected chi connectivity index (χ2v) is 15.3. The molecule has 2 aromatic carbocycles. The van der Waals surface area contributed by atoms with E-state index in [1.54, 1.807) is 24.3 Å². The molecule has 46 heavy (non-hydrogen) atoms. The van der Waals surface area contributed by atoms with E-state index >= 15 is 0 Å². The average Bonchev–Trinajstić information content (AvgIpc) is 3.38. The van der Waals surface area contributed by atoms with E-state index in [1.165, 1.54) is 0 Å². The van der Waals surface area contributed by atoms with E-state index in [0.29, 0.717) is 59.1 Å². The molecule has 0 unspecified atom stereocenters. The Kier molecular flexibility index (Phi) is 13.3. The Balaban J connectivity index is 0.00000576. The van der Waals surface area contributed by atoms with E-state index < -0.39 is 20.2 Å². The fraction of sp³-hybridized carbons (Fsp3) is 0.414. The summed E-state index contributed by atoms with van der Waals surface area (Å²) in [7, 11) is -8.13. The second-order valence-electron chi connectivity index (χ2n) is 10.5. The van der Waals surface area contributed by atoms with Crippen molar-refractivity contribution in [1.29, 1.82) is 0 Å². The molecule has 0 atom stereocenters. The first-order valence-electron chi connectivity index (χ1n) is 14.4. The van der Waals surface area contributed by atoms with E-state index in [9.17, 15) is 25.9 Å². The number of halogens is 4. The minimum atomic E-state index is -4.07. The van der Waals surface area contributed by atoms with E-state index in [0.717, 1.165) is 34.1 Å². The Hall–Kier alpha value is -2.07. The molecule has 0 saturated heterocycles. The average molecular weight is 759 g/mol. The molecule has 0 spiro atoms. The molecule has 1 aliphatic rings. The van der Waals surface area contributed by atoms with Crippen LogP contribution in [0.15, 0.2) is 42.2 Å². The molecule has 0 amide bonds. The standard InChI is InChI=1S/C29H34Cl4N4O6S2.H2O/c1-3-34-24-16-20(30)22(32)18-26(24)36(12-5-7-14-44(38,39)40)28(34)10-9-11-29-35(4-2)25-17-21(31)23(33)19-27(25)37(29)13-6-8-15-45(41,42)43;/h9-11,16-19H,3-8,12-15H2,1-2H3,(H-,38,39,40,41,42,43);1H2. The third-order valence-corrected chi connectivity index (χ3v) is 10.5. The highest BCUT2D eigenvalue weighted by atomic mass is 35.5. The molecule has 11 nitrogen and oxygen atoms in total. The van der Waals surface area contributed by atoms with Gasteiger partial charge >= 0.3 is 0 Å². The van der Waals surface area contributed by atoms with Crippen LogP contribution >= 0.6 is 46.4 Å². The van der Waals surface area contributed by atoms with Gasteiger partial charge in [-0.15, -0.1) is 0 Å². The smallest absolute Gasteiger partial charge is 0.282 e. The third kappa shape index (κ3) is 9.09. The summed E-state index contributed by atoms with van der Waals surface area (Å²) < 4.78 is 67.6. The van der Waals surface area contributed by atoms with Gasteiger partial charge in [0.1, 0.15) is 5.82 Å². The van der Waals surface area contributed by atoms with Gasteiger partial charge in [-0.2, -0.15) is 16.8 Å². The van der Waals surface area contributed by atoms with Crippen molar-refractivity contribution < 1.29 is 36.0 Å². The fourth-order valence-corrected chi connectivity index (χ4v) is 7.29. The van der Waals surface area contributed by atoms with Crippen LogP contribution < -0.4 is 14.4 Å². The first-order valence-corrected chi connectivity index (χ1v) is 19.1. The number of hydrogen-bond acceptors (Lipinski definition) is 7. The maximum Gasteiger partial charge on any atom is 0.282 e. The van der Waals surface area contributed by atoms with Crippen LogP contribution in [0.1, 0.15) is 45.4 Å². The lowest BCUT2D eigenvalue weighted by atomic mass is 10.2. The number of aromatic nitrogens is 2. The van der Waals surface area contributed by atoms with Gasteiger partial charge in [-0.3, -0.25) is 9.11 Å². The Morgan fingerprint density at radius 1 is 0.761 bits per heavy atom. The van der Waals surface area contributed by atoms with E-state index in [4.69, 9.17) is 46.4 Å². The zero-order chi connectivity index (χ0) is 33.1. The summed E-state index contributed by atoms with van der Waals surface area (Å²) in [6.45, 7) is 6.19. The lowest BCUT2D eigenvalue weighted by molar-refractivity contribution is -0.670. The number of aryl methyl sites for hydroxylation is 2. The van der Waals surface area contributed by atoms with Crippen molar-refractivity contribution in [2.75, 3.05) is 34.4 Å². The molecule has 0 radical (unpaired) electrons. The van der Waals surface area contributed by atoms with Crippen molar-refractivity contribution >= 4 is 95.1 Å². The molecule has 254 valence electrons. The number of benzene rings is 2. The van der Waals surface area contributed by atoms with E-state index in [2.05, 4.69) is 9.47 Å². The number of nitrogens with zero attached hydrogens (tertiary/aromatic N) is 4. The molecular formula is C29H36Cl4N4O7S2. The first kappa shape index (κ1) is 38.4. The predicted molar refractivity (Wildman–Crippen MR) is 185 cm³/mol. The number of hydrogen-bond donors (Lipinski definition) is 2. The van der Waals surface area contributed by atoms with Gasteiger partial charge < -0.3 is 15.3 Å². The van der Waals surface area contributed by atoms with Crippen molar-refractivity contribution in [1.82, 2.24) is 4.57 Å². The molecule has 0 aliphatic carbocycles. The van der Waals surface area contributed by atoms with Gasteiger partial charge in [0, 0.05) is 31.3 Å². The van der Waals surface area contributed by atoms with Gasteiger partial charge in [0.25, 0.3) is 26.1 Å². The molecule has 1 aromatic heterocycles. The van der Waals surface area contributed by atoms with Crippen LogP contribution in [-0.4, -0.2) is 60.6 Å². The quantitative estimate of drug-likeness (QED) is 0.101. The largest absolute Gasteiger partial charge is 0.870 e. The monoisotopic (exact) mass is 756 g/mol. The zero-order valence-corrected chi connectivity index (χ0v) is 29.9. The van der Waals surface area contributed by atoms with Gasteiger partial charge in [0.15, 0.2) is 11.0 Å². The molecule has 17 heteroatoms. The Bertz CT molecular complexity index is 1860. The molecule has 3 aromatic rings. The summed E-state index contributed by atoms with van der Waals surface area (Å²) >= 11 is 25.6. The summed E-state index contributed by atoms with van der Waals surface area (Å²) in [6, 6.07) is 7.19. The SMILES string of the molecule is CCN1/C(=C/C=C/c2n(CCCCS(=O)(=O)O)c3cc(Cl)c(Cl)cc3[n+]2CC)N(CCCCS(=O)(=O)O)c2cc(Cl)c(Cl)cc21.[OH-]. The summed E-state index contributed by atoms with van der Waals surface area (Å²) in [5.41, 5.74) is 3.39. The van der Waals surface area contributed by atoms with Crippen molar-refractivity contribution in [3.05, 3.63) is 68.2 Å². The van der Waals surface area contributed by atoms with E-state index in [1.807, 2.05) is 41.5 Å². The molecule has 0 fully saturated rings. The maximum atomic E-state index is 11.3. The third-order valence-electron chi connectivity index (χ3n) is 7.50. The molecule has 4 rings (SSSR count). The number of unbranched alkanes of at least 4 members (excludes halogenated alkanes) is 2. The van der Waals surface area contributed by atoms with Gasteiger partial charge in [0.2, 0.25) is 0 Å². The van der Waals surface area contributed by atoms with Crippen LogP contribution in [0.4, 0.5) is 11.4 Å². The number of fused-ring (bicyclic) bond motifs is 2. The summed E-state index contributed by atoms with van der Waals surface area (Å²) in [5.74, 6) is 1.01. The minimum absolute atomic E-state index is 0. The molecular weight excluding hydrogens is 722 g/mol. The molecule has 1 aliphatic heterocycles. The second kappa shape index (κ2) is 15.9. The number of rotatable bonds is 14. The Morgan fingerprint density at radius 2 is 1.28 bits per heavy atom. The topological polar surface area (TPSA) is 154 Å². The summed E-state index contributed by atoms with van der Waals surface area (Å²) in [5, 5.41) is 1.62. The summed E-state index contributed by atoms with van der Waals surface area (Å²) in [6.07, 6.45) is 7.36. The van der Waals surface area contributed by atoms with Gasteiger partial charge in [-0.1, -0.05) is 52.5 Å². The van der Waals surface area contributed by atoms with Crippen LogP contribution in [0.2, 0.25) is 20.1 Å². The number of imidazole rings is 1. The van der Waals surface area contributed by atoms with Crippen LogP contribution in [0.3, 0.4) is 0 Å². The summed E-state index contributed by atoms with van der Waals surface area (Å²) in [4.78, 5) is 4.14. The van der Waals surface area contributed by atoms with Gasteiger partial charge in [-0.05, 0) is 57.7 Å². The normalized spacial score (nSPS) is 14.6. The Labute approximate surface area is 289 Å². The Morgan fingerprint density at radius 3 is 1.83 bits per heavy atom. The predicted octanol–water partition coefficient (Wildman–Crippen LogP) is 6.92. The zero-order valence-electron chi connectivity index (χ0n) is 25.2. The van der Waals surface area contributed by atoms with Crippen molar-refractivity contribution in [2.45, 2.75) is 52.6 Å². The highest BCUT2D eigenvalue weighted by molar-refractivity contribution is 7.86. The van der Waals surface area contributed by atoms with Crippen LogP contribution in [0, 0.1) is 0 Å². The van der Waals surface area contributed by atoms with Crippen molar-refractivity contribution in [3.8, 4) is 0 Å². The highest BCUT2D eigenvalue weighted by Crippen LogP contribution is 2.45. The first-order chi connectivity index (χ1) is 21.1. The minimum Gasteiger partial charge on any atom is -0.870 e. The molecule has 2 heterocycles. The molecule has 0 bridgehead atoms. The lowest BCUT2D eigenvalue weighted by Crippen LogP contribution is -2.35. The van der Waals surface area contributed by atoms with Crippen molar-refractivity contribution in [3.63, 3.8) is 0 Å². The van der Waals surface area contributed by atoms with Gasteiger partial charge in [-0.25, -0.2) is 9.13 Å².